The van der Waals surface area contributed by atoms with E-state index in [1.54, 1.807) is 12.1 Å². The van der Waals surface area contributed by atoms with Crippen molar-refractivity contribution in [1.82, 2.24) is 9.80 Å². The first-order valence-corrected chi connectivity index (χ1v) is 9.53. The number of morpholine rings is 1. The van der Waals surface area contributed by atoms with Crippen LogP contribution in [-0.2, 0) is 4.74 Å². The molecule has 0 aromatic heterocycles. The Hall–Kier alpha value is -2.24. The maximum Gasteiger partial charge on any atom is 0.254 e. The molecule has 27 heavy (non-hydrogen) atoms. The third-order valence-electron chi connectivity index (χ3n) is 5.75. The molecular formula is C22H25FN2O2. The highest BCUT2D eigenvalue weighted by molar-refractivity contribution is 6.01. The summed E-state index contributed by atoms with van der Waals surface area (Å²) < 4.78 is 19.4. The summed E-state index contributed by atoms with van der Waals surface area (Å²) in [4.78, 5) is 17.6. The summed E-state index contributed by atoms with van der Waals surface area (Å²) in [5.41, 5.74) is 2.13. The Morgan fingerprint density at radius 2 is 1.74 bits per heavy atom. The Kier molecular flexibility index (Phi) is 4.98. The van der Waals surface area contributed by atoms with Gasteiger partial charge < -0.3 is 14.5 Å². The van der Waals surface area contributed by atoms with Crippen molar-refractivity contribution in [2.75, 3.05) is 39.8 Å². The van der Waals surface area contributed by atoms with Crippen molar-refractivity contribution in [3.05, 3.63) is 59.9 Å². The van der Waals surface area contributed by atoms with Crippen LogP contribution in [0.2, 0.25) is 0 Å². The maximum absolute atomic E-state index is 13.3. The van der Waals surface area contributed by atoms with Crippen molar-refractivity contribution in [1.29, 1.82) is 0 Å². The number of amides is 1. The zero-order chi connectivity index (χ0) is 18.9. The van der Waals surface area contributed by atoms with Crippen LogP contribution in [-0.4, -0.2) is 61.1 Å². The lowest BCUT2D eigenvalue weighted by molar-refractivity contribution is -0.125. The molecule has 2 aromatic carbocycles. The number of nitrogens with zero attached hydrogens (tertiary/aromatic N) is 2. The normalized spacial score (nSPS) is 20.0. The lowest BCUT2D eigenvalue weighted by Gasteiger charge is -2.46. The molecule has 0 N–H and O–H groups in total. The van der Waals surface area contributed by atoms with E-state index in [1.165, 1.54) is 12.1 Å². The second-order valence-electron chi connectivity index (χ2n) is 7.61. The van der Waals surface area contributed by atoms with Gasteiger partial charge in [0.25, 0.3) is 5.91 Å². The lowest BCUT2D eigenvalue weighted by Crippen LogP contribution is -2.57. The van der Waals surface area contributed by atoms with Gasteiger partial charge in [-0.25, -0.2) is 4.39 Å². The number of hydrogen-bond donors (Lipinski definition) is 0. The molecule has 0 atom stereocenters. The van der Waals surface area contributed by atoms with E-state index in [4.69, 9.17) is 4.74 Å². The predicted molar refractivity (Wildman–Crippen MR) is 103 cm³/mol. The summed E-state index contributed by atoms with van der Waals surface area (Å²) in [7, 11) is 2.12. The smallest absolute Gasteiger partial charge is 0.254 e. The van der Waals surface area contributed by atoms with Gasteiger partial charge >= 0.3 is 0 Å². The second kappa shape index (κ2) is 7.41. The molecule has 2 fully saturated rings. The van der Waals surface area contributed by atoms with Crippen LogP contribution in [0.5, 0.6) is 0 Å². The summed E-state index contributed by atoms with van der Waals surface area (Å²) >= 11 is 0. The molecule has 4 rings (SSSR count). The Morgan fingerprint density at radius 3 is 2.48 bits per heavy atom. The molecule has 1 amide bonds. The first-order chi connectivity index (χ1) is 13.1. The number of piperidine rings is 1. The number of halogens is 1. The minimum absolute atomic E-state index is 0.0246. The molecule has 0 unspecified atom stereocenters. The van der Waals surface area contributed by atoms with Gasteiger partial charge in [-0.15, -0.1) is 0 Å². The Balaban J connectivity index is 1.59. The molecule has 0 radical (unpaired) electrons. The Labute approximate surface area is 159 Å². The number of benzene rings is 2. The molecule has 2 aliphatic rings. The van der Waals surface area contributed by atoms with E-state index in [2.05, 4.69) is 11.9 Å². The number of carbonyl (C=O) groups excluding carboxylic acids is 1. The lowest BCUT2D eigenvalue weighted by atomic mass is 9.89. The fraction of sp³-hybridized carbons (Fsp3) is 0.409. The molecule has 1 spiro atoms. The molecule has 2 aromatic rings. The van der Waals surface area contributed by atoms with Gasteiger partial charge in [-0.3, -0.25) is 4.79 Å². The van der Waals surface area contributed by atoms with Gasteiger partial charge in [-0.05, 0) is 49.2 Å². The van der Waals surface area contributed by atoms with E-state index in [1.807, 2.05) is 29.2 Å². The molecule has 2 heterocycles. The average Bonchev–Trinajstić information content (AvgIpc) is 2.71. The van der Waals surface area contributed by atoms with E-state index < -0.39 is 0 Å². The van der Waals surface area contributed by atoms with Crippen LogP contribution in [0.25, 0.3) is 11.1 Å². The zero-order valence-corrected chi connectivity index (χ0v) is 15.7. The van der Waals surface area contributed by atoms with E-state index >= 15 is 0 Å². The third-order valence-corrected chi connectivity index (χ3v) is 5.75. The molecule has 2 aliphatic heterocycles. The van der Waals surface area contributed by atoms with Crippen LogP contribution < -0.4 is 0 Å². The Morgan fingerprint density at radius 1 is 1.04 bits per heavy atom. The van der Waals surface area contributed by atoms with Crippen LogP contribution in [0.4, 0.5) is 4.39 Å². The molecule has 0 aliphatic carbocycles. The summed E-state index contributed by atoms with van der Waals surface area (Å²) in [6.07, 6.45) is 1.90. The summed E-state index contributed by atoms with van der Waals surface area (Å²) in [5.74, 6) is -0.253. The molecule has 4 nitrogen and oxygen atoms in total. The molecule has 2 saturated heterocycles. The monoisotopic (exact) mass is 368 g/mol. The predicted octanol–water partition coefficient (Wildman–Crippen LogP) is 3.43. The fourth-order valence-electron chi connectivity index (χ4n) is 4.07. The molecule has 5 heteroatoms. The second-order valence-corrected chi connectivity index (χ2v) is 7.61. The van der Waals surface area contributed by atoms with Crippen molar-refractivity contribution < 1.29 is 13.9 Å². The Bertz CT molecular complexity index is 813. The SMILES string of the molecule is CN1CCC2(CC1)CN(C(=O)c1ccccc1-c1ccc(F)cc1)CCO2. The van der Waals surface area contributed by atoms with E-state index in [-0.39, 0.29) is 17.3 Å². The van der Waals surface area contributed by atoms with E-state index in [0.717, 1.165) is 37.1 Å². The highest BCUT2D eigenvalue weighted by Gasteiger charge is 2.40. The van der Waals surface area contributed by atoms with Gasteiger partial charge in [0, 0.05) is 25.2 Å². The summed E-state index contributed by atoms with van der Waals surface area (Å²) in [6.45, 7) is 3.81. The number of hydrogen-bond acceptors (Lipinski definition) is 3. The van der Waals surface area contributed by atoms with Gasteiger partial charge in [0.2, 0.25) is 0 Å². The van der Waals surface area contributed by atoms with Gasteiger partial charge in [0.15, 0.2) is 0 Å². The summed E-state index contributed by atoms with van der Waals surface area (Å²) in [5, 5.41) is 0. The third kappa shape index (κ3) is 3.75. The van der Waals surface area contributed by atoms with Crippen LogP contribution in [0.1, 0.15) is 23.2 Å². The zero-order valence-electron chi connectivity index (χ0n) is 15.7. The van der Waals surface area contributed by atoms with Crippen molar-refractivity contribution in [2.24, 2.45) is 0 Å². The van der Waals surface area contributed by atoms with E-state index in [9.17, 15) is 9.18 Å². The average molecular weight is 368 g/mol. The van der Waals surface area contributed by atoms with Crippen LogP contribution >= 0.6 is 0 Å². The van der Waals surface area contributed by atoms with Gasteiger partial charge in [0.05, 0.1) is 18.8 Å². The quantitative estimate of drug-likeness (QED) is 0.814. The highest BCUT2D eigenvalue weighted by atomic mass is 19.1. The van der Waals surface area contributed by atoms with Crippen molar-refractivity contribution in [3.63, 3.8) is 0 Å². The molecular weight excluding hydrogens is 343 g/mol. The van der Waals surface area contributed by atoms with Gasteiger partial charge in [-0.2, -0.15) is 0 Å². The highest BCUT2D eigenvalue weighted by Crippen LogP contribution is 2.32. The first-order valence-electron chi connectivity index (χ1n) is 9.53. The van der Waals surface area contributed by atoms with Gasteiger partial charge in [0.1, 0.15) is 5.82 Å². The number of ether oxygens (including phenoxy) is 1. The van der Waals surface area contributed by atoms with Crippen molar-refractivity contribution in [2.45, 2.75) is 18.4 Å². The molecule has 0 bridgehead atoms. The summed E-state index contributed by atoms with van der Waals surface area (Å²) in [6, 6.07) is 13.9. The minimum Gasteiger partial charge on any atom is -0.371 e. The largest absolute Gasteiger partial charge is 0.371 e. The number of rotatable bonds is 2. The molecule has 142 valence electrons. The number of carbonyl (C=O) groups is 1. The first kappa shape index (κ1) is 18.1. The fourth-order valence-corrected chi connectivity index (χ4v) is 4.07. The van der Waals surface area contributed by atoms with Crippen molar-refractivity contribution >= 4 is 5.91 Å². The minimum atomic E-state index is -0.278. The topological polar surface area (TPSA) is 32.8 Å². The van der Waals surface area contributed by atoms with Crippen molar-refractivity contribution in [3.8, 4) is 11.1 Å². The maximum atomic E-state index is 13.3. The molecule has 0 saturated carbocycles. The van der Waals surface area contributed by atoms with Crippen LogP contribution in [0, 0.1) is 5.82 Å². The van der Waals surface area contributed by atoms with Crippen LogP contribution in [0.3, 0.4) is 0 Å². The standard InChI is InChI=1S/C22H25FN2O2/c1-24-12-10-22(11-13-24)16-25(14-15-27-22)21(26)20-5-3-2-4-19(20)17-6-8-18(23)9-7-17/h2-9H,10-16H2,1H3. The van der Waals surface area contributed by atoms with Gasteiger partial charge in [-0.1, -0.05) is 30.3 Å². The van der Waals surface area contributed by atoms with Crippen LogP contribution in [0.15, 0.2) is 48.5 Å². The number of likely N-dealkylation sites (tertiary alicyclic amines) is 1. The van der Waals surface area contributed by atoms with E-state index in [0.29, 0.717) is 25.3 Å².